The molecule has 2 nitrogen and oxygen atoms in total. The van der Waals surface area contributed by atoms with Gasteiger partial charge in [0.1, 0.15) is 0 Å². The molecule has 0 aliphatic carbocycles. The predicted octanol–water partition coefficient (Wildman–Crippen LogP) is 0.571. The maximum Gasteiger partial charge on any atom is 0.0817 e. The Bertz CT molecular complexity index is 76.8. The number of aliphatic hydroxyl groups is 1. The Morgan fingerprint density at radius 1 is 1.75 bits per heavy atom. The second kappa shape index (κ2) is 2.98. The third-order valence-corrected chi connectivity index (χ3v) is 2.10. The van der Waals surface area contributed by atoms with Crippen LogP contribution in [0.4, 0.5) is 0 Å². The summed E-state index contributed by atoms with van der Waals surface area (Å²) in [6.07, 6.45) is 1.13. The van der Waals surface area contributed by atoms with Crippen molar-refractivity contribution >= 4 is 22.6 Å². The molecule has 1 heterocycles. The summed E-state index contributed by atoms with van der Waals surface area (Å²) >= 11 is 2.33. The van der Waals surface area contributed by atoms with Crippen molar-refractivity contribution in [2.45, 2.75) is 16.4 Å². The maximum absolute atomic E-state index is 8.56. The summed E-state index contributed by atoms with van der Waals surface area (Å²) in [6, 6.07) is 0. The largest absolute Gasteiger partial charge is 0.394 e. The second-order valence-electron chi connectivity index (χ2n) is 1.97. The number of hydrogen-bond donors (Lipinski definition) is 1. The molecule has 0 spiro atoms. The summed E-state index contributed by atoms with van der Waals surface area (Å²) in [5, 5.41) is 8.56. The van der Waals surface area contributed by atoms with Crippen LogP contribution in [0.3, 0.4) is 0 Å². The minimum absolute atomic E-state index is 0.122. The van der Waals surface area contributed by atoms with Gasteiger partial charge < -0.3 is 9.84 Å². The third kappa shape index (κ3) is 1.56. The van der Waals surface area contributed by atoms with Crippen LogP contribution in [0.1, 0.15) is 6.42 Å². The zero-order valence-corrected chi connectivity index (χ0v) is 6.67. The fourth-order valence-electron chi connectivity index (χ4n) is 0.789. The van der Waals surface area contributed by atoms with Crippen LogP contribution >= 0.6 is 22.6 Å². The highest BCUT2D eigenvalue weighted by Gasteiger charge is 2.21. The highest BCUT2D eigenvalue weighted by molar-refractivity contribution is 14.1. The van der Waals surface area contributed by atoms with Gasteiger partial charge in [-0.3, -0.25) is 0 Å². The summed E-state index contributed by atoms with van der Waals surface area (Å²) < 4.78 is 5.77. The highest BCUT2D eigenvalue weighted by atomic mass is 127. The first-order chi connectivity index (χ1) is 3.83. The fourth-order valence-corrected chi connectivity index (χ4v) is 1.56. The lowest BCUT2D eigenvalue weighted by atomic mass is 10.2. The highest BCUT2D eigenvalue weighted by Crippen LogP contribution is 2.19. The molecule has 0 saturated carbocycles. The van der Waals surface area contributed by atoms with Crippen LogP contribution in [0.2, 0.25) is 0 Å². The Morgan fingerprint density at radius 3 is 2.75 bits per heavy atom. The second-order valence-corrected chi connectivity index (χ2v) is 3.73. The van der Waals surface area contributed by atoms with Gasteiger partial charge >= 0.3 is 0 Å². The molecular weight excluding hydrogens is 219 g/mol. The molecule has 48 valence electrons. The molecule has 8 heavy (non-hydrogen) atoms. The fraction of sp³-hybridized carbons (Fsp3) is 1.00. The van der Waals surface area contributed by atoms with Gasteiger partial charge in [-0.15, -0.1) is 0 Å². The van der Waals surface area contributed by atoms with E-state index in [0.29, 0.717) is 3.92 Å². The van der Waals surface area contributed by atoms with E-state index in [9.17, 15) is 0 Å². The number of halogens is 1. The zero-order valence-electron chi connectivity index (χ0n) is 4.51. The lowest BCUT2D eigenvalue weighted by Gasteiger charge is -2.00. The quantitative estimate of drug-likeness (QED) is 0.525. The molecule has 0 amide bonds. The smallest absolute Gasteiger partial charge is 0.0817 e. The van der Waals surface area contributed by atoms with Crippen LogP contribution in [0.5, 0.6) is 0 Å². The molecule has 0 bridgehead atoms. The van der Waals surface area contributed by atoms with E-state index in [1.54, 1.807) is 0 Å². The minimum atomic E-state index is 0.122. The van der Waals surface area contributed by atoms with Crippen molar-refractivity contribution in [1.82, 2.24) is 0 Å². The van der Waals surface area contributed by atoms with E-state index >= 15 is 0 Å². The summed E-state index contributed by atoms with van der Waals surface area (Å²) in [4.78, 5) is 0. The van der Waals surface area contributed by atoms with E-state index in [4.69, 9.17) is 9.84 Å². The van der Waals surface area contributed by atoms with Gasteiger partial charge in [0.2, 0.25) is 0 Å². The molecule has 0 radical (unpaired) electrons. The van der Waals surface area contributed by atoms with Crippen molar-refractivity contribution < 1.29 is 9.84 Å². The van der Waals surface area contributed by atoms with Crippen LogP contribution in [0.15, 0.2) is 0 Å². The first-order valence-corrected chi connectivity index (χ1v) is 3.94. The molecule has 2 atom stereocenters. The SMILES string of the molecule is OCC1CC(I)CO1. The van der Waals surface area contributed by atoms with Crippen LogP contribution in [-0.4, -0.2) is 28.3 Å². The van der Waals surface area contributed by atoms with Crippen molar-refractivity contribution in [3.8, 4) is 0 Å². The average Bonchev–Trinajstić information content (AvgIpc) is 2.14. The molecule has 3 heteroatoms. The van der Waals surface area contributed by atoms with Gasteiger partial charge in [-0.2, -0.15) is 0 Å². The molecule has 1 N–H and O–H groups in total. The van der Waals surface area contributed by atoms with Gasteiger partial charge in [-0.25, -0.2) is 0 Å². The van der Waals surface area contributed by atoms with E-state index < -0.39 is 0 Å². The Labute approximate surface area is 62.4 Å². The molecule has 1 rings (SSSR count). The lowest BCUT2D eigenvalue weighted by molar-refractivity contribution is 0.0594. The lowest BCUT2D eigenvalue weighted by Crippen LogP contribution is -2.09. The van der Waals surface area contributed by atoms with Gasteiger partial charge in [0, 0.05) is 3.92 Å². The van der Waals surface area contributed by atoms with Crippen molar-refractivity contribution in [2.24, 2.45) is 0 Å². The molecule has 1 aliphatic heterocycles. The summed E-state index contributed by atoms with van der Waals surface area (Å²) in [5.74, 6) is 0. The zero-order chi connectivity index (χ0) is 5.98. The van der Waals surface area contributed by atoms with Crippen molar-refractivity contribution in [3.63, 3.8) is 0 Å². The number of hydrogen-bond acceptors (Lipinski definition) is 2. The molecule has 1 saturated heterocycles. The van der Waals surface area contributed by atoms with E-state index in [-0.39, 0.29) is 12.7 Å². The Hall–Kier alpha value is 0.650. The van der Waals surface area contributed by atoms with Crippen molar-refractivity contribution in [3.05, 3.63) is 0 Å². The Morgan fingerprint density at radius 2 is 2.50 bits per heavy atom. The number of rotatable bonds is 1. The monoisotopic (exact) mass is 228 g/mol. The third-order valence-electron chi connectivity index (χ3n) is 1.24. The minimum Gasteiger partial charge on any atom is -0.394 e. The van der Waals surface area contributed by atoms with Gasteiger partial charge in [-0.05, 0) is 6.42 Å². The van der Waals surface area contributed by atoms with Gasteiger partial charge in [0.15, 0.2) is 0 Å². The summed E-state index contributed by atoms with van der Waals surface area (Å²) in [5.41, 5.74) is 0. The number of alkyl halides is 1. The van der Waals surface area contributed by atoms with Crippen LogP contribution in [-0.2, 0) is 4.74 Å². The first kappa shape index (κ1) is 6.77. The van der Waals surface area contributed by atoms with Crippen molar-refractivity contribution in [1.29, 1.82) is 0 Å². The summed E-state index contributed by atoms with van der Waals surface area (Å²) in [6.45, 7) is 0.991. The normalized spacial score (nSPS) is 38.2. The van der Waals surface area contributed by atoms with E-state index in [1.165, 1.54) is 0 Å². The van der Waals surface area contributed by atoms with Gasteiger partial charge in [0.25, 0.3) is 0 Å². The number of aliphatic hydroxyl groups excluding tert-OH is 1. The molecular formula is C5H9IO2. The Balaban J connectivity index is 2.22. The van der Waals surface area contributed by atoms with E-state index in [2.05, 4.69) is 22.6 Å². The van der Waals surface area contributed by atoms with Gasteiger partial charge in [0.05, 0.1) is 19.3 Å². The van der Waals surface area contributed by atoms with Crippen LogP contribution in [0, 0.1) is 0 Å². The van der Waals surface area contributed by atoms with E-state index in [1.807, 2.05) is 0 Å². The molecule has 1 aliphatic rings. The maximum atomic E-state index is 8.56. The molecule has 0 aromatic rings. The van der Waals surface area contributed by atoms with Crippen LogP contribution < -0.4 is 0 Å². The molecule has 0 aromatic carbocycles. The van der Waals surface area contributed by atoms with Crippen LogP contribution in [0.25, 0.3) is 0 Å². The van der Waals surface area contributed by atoms with Crippen molar-refractivity contribution in [2.75, 3.05) is 13.2 Å². The molecule has 2 unspecified atom stereocenters. The topological polar surface area (TPSA) is 29.5 Å². The van der Waals surface area contributed by atoms with Gasteiger partial charge in [-0.1, -0.05) is 22.6 Å². The molecule has 0 aromatic heterocycles. The summed E-state index contributed by atoms with van der Waals surface area (Å²) in [7, 11) is 0. The average molecular weight is 228 g/mol. The Kier molecular flexibility index (Phi) is 2.52. The standard InChI is InChI=1S/C5H9IO2/c6-4-1-5(2-7)8-3-4/h4-5,7H,1-3H2. The first-order valence-electron chi connectivity index (χ1n) is 2.69. The predicted molar refractivity (Wildman–Crippen MR) is 39.3 cm³/mol. The van der Waals surface area contributed by atoms with E-state index in [0.717, 1.165) is 13.0 Å². The molecule has 1 fully saturated rings. The number of ether oxygens (including phenoxy) is 1.